The van der Waals surface area contributed by atoms with Crippen molar-refractivity contribution >= 4 is 11.5 Å². The highest BCUT2D eigenvalue weighted by Gasteiger charge is 1.96. The van der Waals surface area contributed by atoms with Crippen molar-refractivity contribution in [3.63, 3.8) is 0 Å². The summed E-state index contributed by atoms with van der Waals surface area (Å²) in [5.74, 6) is 0.0731. The molecule has 0 unspecified atom stereocenters. The van der Waals surface area contributed by atoms with Gasteiger partial charge < -0.3 is 5.32 Å². The van der Waals surface area contributed by atoms with Crippen molar-refractivity contribution in [2.24, 2.45) is 0 Å². The van der Waals surface area contributed by atoms with Crippen LogP contribution in [0.5, 0.6) is 0 Å². The highest BCUT2D eigenvalue weighted by molar-refractivity contribution is 5.94. The van der Waals surface area contributed by atoms with Gasteiger partial charge in [-0.05, 0) is 25.1 Å². The number of carbonyl (C=O) groups excluding carboxylic acids is 1. The van der Waals surface area contributed by atoms with E-state index in [1.807, 2.05) is 13.1 Å². The number of nitrogens with one attached hydrogen (secondary N) is 1. The van der Waals surface area contributed by atoms with Gasteiger partial charge in [-0.2, -0.15) is 0 Å². The van der Waals surface area contributed by atoms with E-state index in [2.05, 4.69) is 11.4 Å². The molecule has 0 heterocycles. The van der Waals surface area contributed by atoms with Gasteiger partial charge in [0.05, 0.1) is 0 Å². The molecule has 11 heavy (non-hydrogen) atoms. The summed E-state index contributed by atoms with van der Waals surface area (Å²) in [7, 11) is 1.82. The second-order valence-corrected chi connectivity index (χ2v) is 2.30. The average Bonchev–Trinajstić information content (AvgIpc) is 2.05. The fourth-order valence-corrected chi connectivity index (χ4v) is 0.799. The first-order valence-corrected chi connectivity index (χ1v) is 3.44. The summed E-state index contributed by atoms with van der Waals surface area (Å²) < 4.78 is 0. The van der Waals surface area contributed by atoms with Crippen molar-refractivity contribution in [3.8, 4) is 0 Å². The minimum absolute atomic E-state index is 0.0731. The van der Waals surface area contributed by atoms with Crippen LogP contribution in [0.25, 0.3) is 0 Å². The zero-order chi connectivity index (χ0) is 8.27. The van der Waals surface area contributed by atoms with E-state index in [-0.39, 0.29) is 5.78 Å². The Balaban J connectivity index is 2.91. The molecule has 0 bridgehead atoms. The second-order valence-electron chi connectivity index (χ2n) is 2.30. The van der Waals surface area contributed by atoms with Crippen LogP contribution in [0.4, 0.5) is 5.69 Å². The molecule has 0 fully saturated rings. The molecule has 1 aromatic rings. The molecule has 0 saturated heterocycles. The van der Waals surface area contributed by atoms with Gasteiger partial charge in [0.1, 0.15) is 0 Å². The quantitative estimate of drug-likeness (QED) is 0.647. The van der Waals surface area contributed by atoms with E-state index in [0.717, 1.165) is 5.69 Å². The first-order chi connectivity index (χ1) is 5.24. The lowest BCUT2D eigenvalue weighted by Gasteiger charge is -1.98. The number of carbonyl (C=O) groups is 1. The Morgan fingerprint density at radius 1 is 1.55 bits per heavy atom. The van der Waals surface area contributed by atoms with Crippen molar-refractivity contribution in [3.05, 3.63) is 29.8 Å². The zero-order valence-corrected chi connectivity index (χ0v) is 6.64. The predicted octanol–water partition coefficient (Wildman–Crippen LogP) is 1.73. The van der Waals surface area contributed by atoms with Gasteiger partial charge in [-0.1, -0.05) is 0 Å². The van der Waals surface area contributed by atoms with E-state index >= 15 is 0 Å². The van der Waals surface area contributed by atoms with Crippen LogP contribution in [-0.2, 0) is 0 Å². The first-order valence-electron chi connectivity index (χ1n) is 3.44. The van der Waals surface area contributed by atoms with Crippen molar-refractivity contribution in [1.29, 1.82) is 0 Å². The Labute approximate surface area is 66.2 Å². The molecule has 57 valence electrons. The molecular weight excluding hydrogens is 138 g/mol. The van der Waals surface area contributed by atoms with Crippen LogP contribution < -0.4 is 5.32 Å². The predicted molar refractivity (Wildman–Crippen MR) is 44.8 cm³/mol. The molecule has 1 rings (SSSR count). The SMILES string of the molecule is CNc1[c]cc(C(C)=O)cc1. The molecule has 1 radical (unpaired) electrons. The van der Waals surface area contributed by atoms with Crippen LogP contribution in [0.1, 0.15) is 17.3 Å². The molecule has 2 nitrogen and oxygen atoms in total. The van der Waals surface area contributed by atoms with E-state index in [1.54, 1.807) is 19.1 Å². The molecule has 0 aliphatic rings. The molecule has 0 saturated carbocycles. The smallest absolute Gasteiger partial charge is 0.159 e. The molecule has 2 heteroatoms. The molecule has 0 spiro atoms. The molecule has 0 aliphatic carbocycles. The maximum atomic E-state index is 10.8. The molecular formula is C9H10NO. The Bertz CT molecular complexity index is 251. The average molecular weight is 148 g/mol. The fraction of sp³-hybridized carbons (Fsp3) is 0.222. The summed E-state index contributed by atoms with van der Waals surface area (Å²) in [6.45, 7) is 1.54. The van der Waals surface area contributed by atoms with Gasteiger partial charge in [-0.15, -0.1) is 0 Å². The zero-order valence-electron chi connectivity index (χ0n) is 6.64. The first kappa shape index (κ1) is 7.79. The van der Waals surface area contributed by atoms with Gasteiger partial charge in [0.15, 0.2) is 5.78 Å². The highest BCUT2D eigenvalue weighted by atomic mass is 16.1. The fourth-order valence-electron chi connectivity index (χ4n) is 0.799. The van der Waals surface area contributed by atoms with Gasteiger partial charge in [-0.25, -0.2) is 0 Å². The maximum absolute atomic E-state index is 10.8. The number of hydrogen-bond acceptors (Lipinski definition) is 2. The van der Waals surface area contributed by atoms with Crippen molar-refractivity contribution in [1.82, 2.24) is 0 Å². The Morgan fingerprint density at radius 3 is 2.64 bits per heavy atom. The molecule has 0 atom stereocenters. The lowest BCUT2D eigenvalue weighted by atomic mass is 10.1. The molecule has 0 amide bonds. The van der Waals surface area contributed by atoms with Gasteiger partial charge in [0.2, 0.25) is 0 Å². The Morgan fingerprint density at radius 2 is 2.27 bits per heavy atom. The third-order valence-corrected chi connectivity index (χ3v) is 1.49. The number of rotatable bonds is 2. The van der Waals surface area contributed by atoms with Gasteiger partial charge in [0.25, 0.3) is 0 Å². The van der Waals surface area contributed by atoms with Crippen LogP contribution in [0.15, 0.2) is 18.2 Å². The molecule has 1 aromatic carbocycles. The summed E-state index contributed by atoms with van der Waals surface area (Å²) in [5.41, 5.74) is 1.60. The summed E-state index contributed by atoms with van der Waals surface area (Å²) in [6, 6.07) is 8.24. The summed E-state index contributed by atoms with van der Waals surface area (Å²) in [5, 5.41) is 2.93. The minimum atomic E-state index is 0.0731. The lowest BCUT2D eigenvalue weighted by molar-refractivity contribution is 0.101. The van der Waals surface area contributed by atoms with E-state index in [1.165, 1.54) is 0 Å². The monoisotopic (exact) mass is 148 g/mol. The van der Waals surface area contributed by atoms with E-state index in [4.69, 9.17) is 0 Å². The largest absolute Gasteiger partial charge is 0.388 e. The van der Waals surface area contributed by atoms with Gasteiger partial charge >= 0.3 is 0 Å². The molecule has 0 aliphatic heterocycles. The topological polar surface area (TPSA) is 29.1 Å². The van der Waals surface area contributed by atoms with Crippen LogP contribution >= 0.6 is 0 Å². The van der Waals surface area contributed by atoms with Crippen LogP contribution in [0, 0.1) is 6.07 Å². The number of anilines is 1. The lowest BCUT2D eigenvalue weighted by Crippen LogP contribution is -1.93. The Hall–Kier alpha value is -1.31. The van der Waals surface area contributed by atoms with Crippen LogP contribution in [-0.4, -0.2) is 12.8 Å². The number of ketones is 1. The standard InChI is InChI=1S/C9H10NO/c1-7(11)8-3-5-9(10-2)6-4-8/h3-5,10H,1-2H3. The van der Waals surface area contributed by atoms with E-state index in [0.29, 0.717) is 5.56 Å². The number of hydrogen-bond donors (Lipinski definition) is 1. The molecule has 0 aromatic heterocycles. The van der Waals surface area contributed by atoms with Crippen LogP contribution in [0.2, 0.25) is 0 Å². The van der Waals surface area contributed by atoms with Crippen molar-refractivity contribution in [2.75, 3.05) is 12.4 Å². The van der Waals surface area contributed by atoms with E-state index in [9.17, 15) is 4.79 Å². The Kier molecular flexibility index (Phi) is 2.26. The summed E-state index contributed by atoms with van der Waals surface area (Å²) in [6.07, 6.45) is 0. The third kappa shape index (κ3) is 1.80. The number of benzene rings is 1. The van der Waals surface area contributed by atoms with Crippen molar-refractivity contribution < 1.29 is 4.79 Å². The summed E-state index contributed by atoms with van der Waals surface area (Å²) in [4.78, 5) is 10.8. The number of Topliss-reactive ketones (excluding diaryl/α,β-unsaturated/α-hetero) is 1. The third-order valence-electron chi connectivity index (χ3n) is 1.49. The van der Waals surface area contributed by atoms with Crippen molar-refractivity contribution in [2.45, 2.75) is 6.92 Å². The van der Waals surface area contributed by atoms with Gasteiger partial charge in [0, 0.05) is 24.4 Å². The summed E-state index contributed by atoms with van der Waals surface area (Å²) >= 11 is 0. The second kappa shape index (κ2) is 3.19. The molecule has 1 N–H and O–H groups in total. The maximum Gasteiger partial charge on any atom is 0.159 e. The normalized spacial score (nSPS) is 9.27. The highest BCUT2D eigenvalue weighted by Crippen LogP contribution is 2.07. The minimum Gasteiger partial charge on any atom is -0.388 e. The van der Waals surface area contributed by atoms with Gasteiger partial charge in [-0.3, -0.25) is 4.79 Å². The van der Waals surface area contributed by atoms with E-state index < -0.39 is 0 Å². The van der Waals surface area contributed by atoms with Crippen LogP contribution in [0.3, 0.4) is 0 Å².